The van der Waals surface area contributed by atoms with Crippen LogP contribution in [0, 0.1) is 0 Å². The molecule has 8 nitrogen and oxygen atoms in total. The maximum Gasteiger partial charge on any atom is 0.321 e. The predicted molar refractivity (Wildman–Crippen MR) is 113 cm³/mol. The predicted octanol–water partition coefficient (Wildman–Crippen LogP) is 3.63. The first-order chi connectivity index (χ1) is 14.7. The summed E-state index contributed by atoms with van der Waals surface area (Å²) in [4.78, 5) is 24.1. The number of ether oxygens (including phenoxy) is 2. The van der Waals surface area contributed by atoms with Gasteiger partial charge >= 0.3 is 6.03 Å². The Morgan fingerprint density at radius 2 is 2.10 bits per heavy atom. The summed E-state index contributed by atoms with van der Waals surface area (Å²) in [5.74, 6) is 2.42. The van der Waals surface area contributed by atoms with Crippen LogP contribution in [-0.4, -0.2) is 51.8 Å². The smallest absolute Gasteiger partial charge is 0.321 e. The van der Waals surface area contributed by atoms with Crippen molar-refractivity contribution in [2.45, 2.75) is 32.2 Å². The molecule has 1 N–H and O–H groups in total. The maximum absolute atomic E-state index is 12.9. The van der Waals surface area contributed by atoms with Gasteiger partial charge in [0.15, 0.2) is 17.1 Å². The number of imidazole rings is 1. The third kappa shape index (κ3) is 3.42. The van der Waals surface area contributed by atoms with E-state index in [0.717, 1.165) is 36.3 Å². The second kappa shape index (κ2) is 7.85. The number of nitrogens with one attached hydrogen (secondary N) is 1. The Labute approximate surface area is 174 Å². The normalized spacial score (nSPS) is 18.0. The zero-order valence-corrected chi connectivity index (χ0v) is 17.0. The fourth-order valence-electron chi connectivity index (χ4n) is 4.22. The number of fused-ring (bicyclic) bond motifs is 2. The van der Waals surface area contributed by atoms with E-state index in [9.17, 15) is 4.79 Å². The number of rotatable bonds is 4. The zero-order chi connectivity index (χ0) is 20.5. The van der Waals surface area contributed by atoms with Crippen LogP contribution in [0.25, 0.3) is 11.2 Å². The molecule has 0 bridgehead atoms. The Morgan fingerprint density at radius 1 is 1.23 bits per heavy atom. The largest absolute Gasteiger partial charge is 0.486 e. The Hall–Kier alpha value is -3.29. The first-order valence-corrected chi connectivity index (χ1v) is 10.5. The lowest BCUT2D eigenvalue weighted by Gasteiger charge is -2.21. The molecule has 2 aromatic heterocycles. The van der Waals surface area contributed by atoms with Crippen LogP contribution < -0.4 is 14.8 Å². The van der Waals surface area contributed by atoms with E-state index in [1.165, 1.54) is 0 Å². The fraction of sp³-hybridized carbons (Fsp3) is 0.409. The molecule has 1 fully saturated rings. The van der Waals surface area contributed by atoms with Crippen LogP contribution in [0.5, 0.6) is 11.5 Å². The second-order valence-corrected chi connectivity index (χ2v) is 7.67. The molecule has 5 rings (SSSR count). The van der Waals surface area contributed by atoms with E-state index in [-0.39, 0.29) is 12.1 Å². The van der Waals surface area contributed by atoms with Crippen LogP contribution in [0.2, 0.25) is 0 Å². The van der Waals surface area contributed by atoms with E-state index >= 15 is 0 Å². The molecule has 30 heavy (non-hydrogen) atoms. The van der Waals surface area contributed by atoms with Crippen molar-refractivity contribution in [1.82, 2.24) is 19.4 Å². The van der Waals surface area contributed by atoms with Crippen LogP contribution in [0.15, 0.2) is 36.5 Å². The minimum absolute atomic E-state index is 0.108. The molecular weight excluding hydrogens is 382 g/mol. The highest BCUT2D eigenvalue weighted by Gasteiger charge is 2.30. The fourth-order valence-corrected chi connectivity index (χ4v) is 4.22. The van der Waals surface area contributed by atoms with Gasteiger partial charge in [-0.15, -0.1) is 0 Å². The SMILES string of the molecule is CCCc1nc2cccnc2n1C1CCN(C(=O)Nc2ccc3c(c2)OCCO3)C1. The third-order valence-electron chi connectivity index (χ3n) is 5.60. The Morgan fingerprint density at radius 3 is 2.97 bits per heavy atom. The van der Waals surface area contributed by atoms with Crippen molar-refractivity contribution in [1.29, 1.82) is 0 Å². The first kappa shape index (κ1) is 18.7. The van der Waals surface area contributed by atoms with Crippen molar-refractivity contribution in [2.24, 2.45) is 0 Å². The van der Waals surface area contributed by atoms with Crippen LogP contribution in [0.3, 0.4) is 0 Å². The van der Waals surface area contributed by atoms with E-state index < -0.39 is 0 Å². The molecule has 1 unspecified atom stereocenters. The standard InChI is InChI=1S/C22H25N5O3/c1-2-4-20-25-17-5-3-9-23-21(17)27(20)16-8-10-26(14-16)22(28)24-15-6-7-18-19(13-15)30-12-11-29-18/h3,5-7,9,13,16H,2,4,8,10-12,14H2,1H3,(H,24,28). The highest BCUT2D eigenvalue weighted by molar-refractivity contribution is 5.90. The van der Waals surface area contributed by atoms with E-state index in [4.69, 9.17) is 14.5 Å². The minimum Gasteiger partial charge on any atom is -0.486 e. The topological polar surface area (TPSA) is 81.5 Å². The van der Waals surface area contributed by atoms with Gasteiger partial charge in [-0.2, -0.15) is 0 Å². The molecule has 2 amide bonds. The van der Waals surface area contributed by atoms with Gasteiger partial charge in [0.25, 0.3) is 0 Å². The van der Waals surface area contributed by atoms with Gasteiger partial charge in [-0.3, -0.25) is 0 Å². The van der Waals surface area contributed by atoms with Crippen molar-refractivity contribution < 1.29 is 14.3 Å². The molecule has 0 aliphatic carbocycles. The number of carbonyl (C=O) groups is 1. The average molecular weight is 407 g/mol. The van der Waals surface area contributed by atoms with Crippen molar-refractivity contribution in [2.75, 3.05) is 31.6 Å². The van der Waals surface area contributed by atoms with Crippen molar-refractivity contribution in [3.63, 3.8) is 0 Å². The van der Waals surface area contributed by atoms with Crippen LogP contribution in [-0.2, 0) is 6.42 Å². The Kier molecular flexibility index (Phi) is 4.90. The number of anilines is 1. The van der Waals surface area contributed by atoms with Gasteiger partial charge in [0.05, 0.1) is 6.04 Å². The number of aromatic nitrogens is 3. The first-order valence-electron chi connectivity index (χ1n) is 10.5. The summed E-state index contributed by atoms with van der Waals surface area (Å²) in [6.45, 7) is 4.55. The van der Waals surface area contributed by atoms with Crippen molar-refractivity contribution >= 4 is 22.9 Å². The van der Waals surface area contributed by atoms with Crippen LogP contribution >= 0.6 is 0 Å². The summed E-state index contributed by atoms with van der Waals surface area (Å²) in [5.41, 5.74) is 2.52. The van der Waals surface area contributed by atoms with Crippen LogP contribution in [0.4, 0.5) is 10.5 Å². The highest BCUT2D eigenvalue weighted by atomic mass is 16.6. The summed E-state index contributed by atoms with van der Waals surface area (Å²) in [6.07, 6.45) is 4.60. The molecule has 2 aliphatic heterocycles. The molecular formula is C22H25N5O3. The number of likely N-dealkylation sites (tertiary alicyclic amines) is 1. The Balaban J connectivity index is 1.32. The van der Waals surface area contributed by atoms with Gasteiger partial charge in [0, 0.05) is 37.5 Å². The van der Waals surface area contributed by atoms with Gasteiger partial charge < -0.3 is 24.3 Å². The minimum atomic E-state index is -0.108. The molecule has 1 atom stereocenters. The molecule has 0 spiro atoms. The summed E-state index contributed by atoms with van der Waals surface area (Å²) < 4.78 is 13.4. The number of benzene rings is 1. The lowest BCUT2D eigenvalue weighted by Crippen LogP contribution is -2.33. The number of carbonyl (C=O) groups excluding carboxylic acids is 1. The van der Waals surface area contributed by atoms with Crippen molar-refractivity contribution in [3.05, 3.63) is 42.4 Å². The van der Waals surface area contributed by atoms with Gasteiger partial charge in [-0.1, -0.05) is 6.92 Å². The molecule has 1 saturated heterocycles. The molecule has 4 heterocycles. The number of pyridine rings is 1. The Bertz CT molecular complexity index is 1080. The van der Waals surface area contributed by atoms with E-state index in [1.54, 1.807) is 6.20 Å². The monoisotopic (exact) mass is 407 g/mol. The molecule has 0 radical (unpaired) electrons. The van der Waals surface area contributed by atoms with E-state index in [2.05, 4.69) is 21.8 Å². The summed E-state index contributed by atoms with van der Waals surface area (Å²) in [7, 11) is 0. The summed E-state index contributed by atoms with van der Waals surface area (Å²) in [6, 6.07) is 9.47. The zero-order valence-electron chi connectivity index (χ0n) is 17.0. The molecule has 156 valence electrons. The second-order valence-electron chi connectivity index (χ2n) is 7.67. The lowest BCUT2D eigenvalue weighted by molar-refractivity contribution is 0.171. The van der Waals surface area contributed by atoms with Gasteiger partial charge in [-0.25, -0.2) is 14.8 Å². The van der Waals surface area contributed by atoms with E-state index in [1.807, 2.05) is 35.2 Å². The highest BCUT2D eigenvalue weighted by Crippen LogP contribution is 2.33. The number of aryl methyl sites for hydroxylation is 1. The van der Waals surface area contributed by atoms with Crippen LogP contribution in [0.1, 0.15) is 31.6 Å². The lowest BCUT2D eigenvalue weighted by atomic mass is 10.2. The molecule has 0 saturated carbocycles. The van der Waals surface area contributed by atoms with E-state index in [0.29, 0.717) is 43.5 Å². The average Bonchev–Trinajstić information content (AvgIpc) is 3.38. The molecule has 1 aromatic carbocycles. The molecule has 8 heteroatoms. The molecule has 2 aliphatic rings. The van der Waals surface area contributed by atoms with Gasteiger partial charge in [0.1, 0.15) is 24.6 Å². The van der Waals surface area contributed by atoms with Gasteiger partial charge in [0.2, 0.25) is 0 Å². The number of nitrogens with zero attached hydrogens (tertiary/aromatic N) is 4. The molecule has 3 aromatic rings. The number of hydrogen-bond acceptors (Lipinski definition) is 5. The third-order valence-corrected chi connectivity index (χ3v) is 5.60. The maximum atomic E-state index is 12.9. The summed E-state index contributed by atoms with van der Waals surface area (Å²) >= 11 is 0. The number of urea groups is 1. The van der Waals surface area contributed by atoms with Crippen molar-refractivity contribution in [3.8, 4) is 11.5 Å². The van der Waals surface area contributed by atoms with Gasteiger partial charge in [-0.05, 0) is 37.1 Å². The number of amides is 2. The number of hydrogen-bond donors (Lipinski definition) is 1. The quantitative estimate of drug-likeness (QED) is 0.714. The summed E-state index contributed by atoms with van der Waals surface area (Å²) in [5, 5.41) is 2.99.